The van der Waals surface area contributed by atoms with Crippen LogP contribution in [-0.2, 0) is 11.2 Å². The van der Waals surface area contributed by atoms with Gasteiger partial charge in [-0.25, -0.2) is 0 Å². The predicted octanol–water partition coefficient (Wildman–Crippen LogP) is 0.444. The van der Waals surface area contributed by atoms with Gasteiger partial charge in [-0.3, -0.25) is 9.59 Å². The molecule has 1 aromatic rings. The summed E-state index contributed by atoms with van der Waals surface area (Å²) in [5, 5.41) is 5.60. The molecular weight excluding hydrogens is 254 g/mol. The van der Waals surface area contributed by atoms with Crippen molar-refractivity contribution in [3.05, 3.63) is 35.4 Å². The molecule has 0 saturated heterocycles. The van der Waals surface area contributed by atoms with Crippen molar-refractivity contribution >= 4 is 11.8 Å². The van der Waals surface area contributed by atoms with Crippen molar-refractivity contribution in [1.29, 1.82) is 0 Å². The lowest BCUT2D eigenvalue weighted by Gasteiger charge is -2.07. The molecule has 108 valence electrons. The Morgan fingerprint density at radius 3 is 2.35 bits per heavy atom. The lowest BCUT2D eigenvalue weighted by Crippen LogP contribution is -2.35. The normalized spacial score (nSPS) is 13.8. The zero-order chi connectivity index (χ0) is 14.4. The largest absolute Gasteiger partial charge is 0.354 e. The van der Waals surface area contributed by atoms with Gasteiger partial charge in [-0.2, -0.15) is 0 Å². The topological polar surface area (TPSA) is 84.2 Å². The molecule has 1 aromatic carbocycles. The van der Waals surface area contributed by atoms with Gasteiger partial charge in [0.05, 0.1) is 0 Å². The molecule has 0 aliphatic heterocycles. The van der Waals surface area contributed by atoms with E-state index in [9.17, 15) is 9.59 Å². The van der Waals surface area contributed by atoms with Crippen LogP contribution in [0.5, 0.6) is 0 Å². The molecule has 0 spiro atoms. The Bertz CT molecular complexity index is 467. The van der Waals surface area contributed by atoms with Gasteiger partial charge in [0.2, 0.25) is 5.91 Å². The van der Waals surface area contributed by atoms with Gasteiger partial charge in [-0.15, -0.1) is 0 Å². The molecule has 5 heteroatoms. The molecule has 1 aliphatic rings. The Morgan fingerprint density at radius 1 is 1.10 bits per heavy atom. The van der Waals surface area contributed by atoms with Gasteiger partial charge in [0.1, 0.15) is 0 Å². The lowest BCUT2D eigenvalue weighted by atomic mass is 10.1. The molecule has 1 saturated carbocycles. The molecular formula is C15H21N3O2. The molecule has 0 bridgehead atoms. The fraction of sp³-hybridized carbons (Fsp3) is 0.467. The number of benzene rings is 1. The van der Waals surface area contributed by atoms with E-state index in [0.717, 1.165) is 24.8 Å². The molecule has 1 fully saturated rings. The second-order valence-corrected chi connectivity index (χ2v) is 5.06. The molecule has 0 atom stereocenters. The van der Waals surface area contributed by atoms with Crippen molar-refractivity contribution in [2.45, 2.75) is 19.3 Å². The summed E-state index contributed by atoms with van der Waals surface area (Å²) in [5.74, 6) is 0.191. The van der Waals surface area contributed by atoms with Crippen molar-refractivity contribution in [2.75, 3.05) is 19.6 Å². The third-order valence-electron chi connectivity index (χ3n) is 3.31. The minimum atomic E-state index is -0.120. The number of hydrogen-bond donors (Lipinski definition) is 3. The van der Waals surface area contributed by atoms with Crippen LogP contribution in [-0.4, -0.2) is 31.4 Å². The van der Waals surface area contributed by atoms with Gasteiger partial charge < -0.3 is 16.4 Å². The minimum Gasteiger partial charge on any atom is -0.354 e. The average molecular weight is 275 g/mol. The maximum Gasteiger partial charge on any atom is 0.251 e. The first kappa shape index (κ1) is 14.5. The van der Waals surface area contributed by atoms with Crippen molar-refractivity contribution in [2.24, 2.45) is 11.7 Å². The van der Waals surface area contributed by atoms with E-state index in [4.69, 9.17) is 5.73 Å². The van der Waals surface area contributed by atoms with E-state index < -0.39 is 0 Å². The Labute approximate surface area is 118 Å². The van der Waals surface area contributed by atoms with Crippen molar-refractivity contribution < 1.29 is 9.59 Å². The first-order valence-electron chi connectivity index (χ1n) is 7.05. The quantitative estimate of drug-likeness (QED) is 0.631. The van der Waals surface area contributed by atoms with Gasteiger partial charge in [0, 0.05) is 24.6 Å². The summed E-state index contributed by atoms with van der Waals surface area (Å²) in [6.07, 6.45) is 2.80. The van der Waals surface area contributed by atoms with Crippen LogP contribution >= 0.6 is 0 Å². The fourth-order valence-electron chi connectivity index (χ4n) is 1.94. The molecule has 2 rings (SSSR count). The average Bonchev–Trinajstić information content (AvgIpc) is 3.29. The fourth-order valence-corrected chi connectivity index (χ4v) is 1.94. The molecule has 0 radical (unpaired) electrons. The van der Waals surface area contributed by atoms with E-state index in [1.54, 1.807) is 12.1 Å². The number of hydrogen-bond acceptors (Lipinski definition) is 3. The highest BCUT2D eigenvalue weighted by Gasteiger charge is 2.28. The Kier molecular flexibility index (Phi) is 5.12. The highest BCUT2D eigenvalue weighted by Crippen LogP contribution is 2.28. The zero-order valence-corrected chi connectivity index (χ0v) is 11.5. The third-order valence-corrected chi connectivity index (χ3v) is 3.31. The minimum absolute atomic E-state index is 0.102. The summed E-state index contributed by atoms with van der Waals surface area (Å²) in [6, 6.07) is 7.42. The van der Waals surface area contributed by atoms with E-state index in [-0.39, 0.29) is 17.7 Å². The predicted molar refractivity (Wildman–Crippen MR) is 77.3 cm³/mol. The highest BCUT2D eigenvalue weighted by atomic mass is 16.2. The molecule has 0 unspecified atom stereocenters. The Morgan fingerprint density at radius 2 is 1.75 bits per heavy atom. The first-order chi connectivity index (χ1) is 9.70. The molecule has 0 aromatic heterocycles. The van der Waals surface area contributed by atoms with Gasteiger partial charge in [-0.05, 0) is 43.5 Å². The zero-order valence-electron chi connectivity index (χ0n) is 11.5. The summed E-state index contributed by atoms with van der Waals surface area (Å²) < 4.78 is 0. The first-order valence-corrected chi connectivity index (χ1v) is 7.05. The SMILES string of the molecule is NCCc1ccc(C(=O)NCCNC(=O)C2CC2)cc1. The molecule has 1 aliphatic carbocycles. The molecule has 4 N–H and O–H groups in total. The van der Waals surface area contributed by atoms with Crippen LogP contribution in [0.15, 0.2) is 24.3 Å². The van der Waals surface area contributed by atoms with E-state index in [2.05, 4.69) is 10.6 Å². The Balaban J connectivity index is 1.69. The van der Waals surface area contributed by atoms with Crippen LogP contribution in [0.25, 0.3) is 0 Å². The summed E-state index contributed by atoms with van der Waals surface area (Å²) in [6.45, 7) is 1.53. The van der Waals surface area contributed by atoms with Crippen molar-refractivity contribution in [3.63, 3.8) is 0 Å². The van der Waals surface area contributed by atoms with Crippen molar-refractivity contribution in [3.8, 4) is 0 Å². The van der Waals surface area contributed by atoms with Crippen LogP contribution in [0.2, 0.25) is 0 Å². The number of amides is 2. The van der Waals surface area contributed by atoms with Gasteiger partial charge in [0.25, 0.3) is 5.91 Å². The van der Waals surface area contributed by atoms with Crippen LogP contribution in [0.1, 0.15) is 28.8 Å². The van der Waals surface area contributed by atoms with Gasteiger partial charge in [0.15, 0.2) is 0 Å². The lowest BCUT2D eigenvalue weighted by molar-refractivity contribution is -0.122. The maximum atomic E-state index is 11.9. The maximum absolute atomic E-state index is 11.9. The second-order valence-electron chi connectivity index (χ2n) is 5.06. The summed E-state index contributed by atoms with van der Waals surface area (Å²) >= 11 is 0. The number of nitrogens with two attached hydrogens (primary N) is 1. The number of carbonyl (C=O) groups excluding carboxylic acids is 2. The molecule has 0 heterocycles. The third kappa shape index (κ3) is 4.35. The van der Waals surface area contributed by atoms with E-state index in [1.165, 1.54) is 0 Å². The van der Waals surface area contributed by atoms with Gasteiger partial charge in [-0.1, -0.05) is 12.1 Å². The van der Waals surface area contributed by atoms with E-state index in [1.807, 2.05) is 12.1 Å². The number of rotatable bonds is 7. The summed E-state index contributed by atoms with van der Waals surface area (Å²) in [7, 11) is 0. The molecule has 20 heavy (non-hydrogen) atoms. The van der Waals surface area contributed by atoms with Gasteiger partial charge >= 0.3 is 0 Å². The molecule has 5 nitrogen and oxygen atoms in total. The monoisotopic (exact) mass is 275 g/mol. The van der Waals surface area contributed by atoms with Crippen LogP contribution in [0.3, 0.4) is 0 Å². The van der Waals surface area contributed by atoms with E-state index >= 15 is 0 Å². The van der Waals surface area contributed by atoms with Crippen LogP contribution in [0.4, 0.5) is 0 Å². The Hall–Kier alpha value is -1.88. The summed E-state index contributed by atoms with van der Waals surface area (Å²) in [5.41, 5.74) is 7.23. The standard InChI is InChI=1S/C15H21N3O2/c16-8-7-11-1-3-12(4-2-11)14(19)17-9-10-18-15(20)13-5-6-13/h1-4,13H,5-10,16H2,(H,17,19)(H,18,20). The van der Waals surface area contributed by atoms with Crippen LogP contribution in [0, 0.1) is 5.92 Å². The smallest absolute Gasteiger partial charge is 0.251 e. The molecule has 2 amide bonds. The number of nitrogens with one attached hydrogen (secondary N) is 2. The summed E-state index contributed by atoms with van der Waals surface area (Å²) in [4.78, 5) is 23.2. The van der Waals surface area contributed by atoms with Crippen molar-refractivity contribution in [1.82, 2.24) is 10.6 Å². The second kappa shape index (κ2) is 7.05. The number of carbonyl (C=O) groups is 2. The van der Waals surface area contributed by atoms with E-state index in [0.29, 0.717) is 25.2 Å². The van der Waals surface area contributed by atoms with Crippen LogP contribution < -0.4 is 16.4 Å². The highest BCUT2D eigenvalue weighted by molar-refractivity contribution is 5.94.